The maximum atomic E-state index is 14.4. The number of sulfonamides is 1. The summed E-state index contributed by atoms with van der Waals surface area (Å²) in [6.07, 6.45) is 0.171. The number of rotatable bonds is 8. The van der Waals surface area contributed by atoms with Crippen LogP contribution in [0.25, 0.3) is 0 Å². The standard InChI is InChI=1S/C24H20F5NO3S/c1-14-3-4-18(10-19(14)25)13-30(12-17-7-5-16(6-8-17)9-15(2)31)34(32,33)21-11-20(26)22(27)24(29)23(21)28/h3-8,10-11H,9,12-13H2,1-2H3. The van der Waals surface area contributed by atoms with Crippen molar-refractivity contribution in [2.45, 2.75) is 38.3 Å². The van der Waals surface area contributed by atoms with Gasteiger partial charge in [-0.25, -0.2) is 30.4 Å². The highest BCUT2D eigenvalue weighted by molar-refractivity contribution is 7.89. The van der Waals surface area contributed by atoms with E-state index in [1.54, 1.807) is 24.3 Å². The molecule has 4 nitrogen and oxygen atoms in total. The lowest BCUT2D eigenvalue weighted by molar-refractivity contribution is -0.116. The lowest BCUT2D eigenvalue weighted by Crippen LogP contribution is -2.31. The SMILES string of the molecule is CC(=O)Cc1ccc(CN(Cc2ccc(C)c(F)c2)S(=O)(=O)c2cc(F)c(F)c(F)c2F)cc1. The normalized spacial score (nSPS) is 11.8. The molecule has 3 aromatic rings. The number of carbonyl (C=O) groups is 1. The highest BCUT2D eigenvalue weighted by Crippen LogP contribution is 2.28. The Bertz CT molecular complexity index is 1340. The van der Waals surface area contributed by atoms with E-state index >= 15 is 0 Å². The molecule has 0 heterocycles. The first-order valence-corrected chi connectivity index (χ1v) is 11.5. The van der Waals surface area contributed by atoms with Gasteiger partial charge in [-0.2, -0.15) is 4.31 Å². The summed E-state index contributed by atoms with van der Waals surface area (Å²) in [5.74, 6) is -9.00. The van der Waals surface area contributed by atoms with Gasteiger partial charge in [0.05, 0.1) is 0 Å². The zero-order valence-corrected chi connectivity index (χ0v) is 19.0. The van der Waals surface area contributed by atoms with Crippen LogP contribution < -0.4 is 0 Å². The molecular weight excluding hydrogens is 477 g/mol. The molecule has 3 rings (SSSR count). The minimum atomic E-state index is -4.91. The molecule has 0 bridgehead atoms. The fourth-order valence-corrected chi connectivity index (χ4v) is 4.78. The Balaban J connectivity index is 2.05. The smallest absolute Gasteiger partial charge is 0.246 e. The molecule has 3 aromatic carbocycles. The summed E-state index contributed by atoms with van der Waals surface area (Å²) in [7, 11) is -4.91. The third-order valence-electron chi connectivity index (χ3n) is 5.12. The highest BCUT2D eigenvalue weighted by Gasteiger charge is 2.32. The Morgan fingerprint density at radius 3 is 1.91 bits per heavy atom. The van der Waals surface area contributed by atoms with Crippen molar-refractivity contribution in [3.05, 3.63) is 99.9 Å². The Kier molecular flexibility index (Phi) is 7.52. The first kappa shape index (κ1) is 25.5. The molecule has 0 amide bonds. The summed E-state index contributed by atoms with van der Waals surface area (Å²) in [5.41, 5.74) is 1.60. The van der Waals surface area contributed by atoms with Crippen molar-refractivity contribution < 1.29 is 35.2 Å². The average Bonchev–Trinajstić information content (AvgIpc) is 2.77. The van der Waals surface area contributed by atoms with Crippen molar-refractivity contribution in [2.24, 2.45) is 0 Å². The predicted molar refractivity (Wildman–Crippen MR) is 115 cm³/mol. The molecule has 0 N–H and O–H groups in total. The van der Waals surface area contributed by atoms with Crippen molar-refractivity contribution in [3.63, 3.8) is 0 Å². The third-order valence-corrected chi connectivity index (χ3v) is 6.91. The van der Waals surface area contributed by atoms with Gasteiger partial charge in [0.1, 0.15) is 16.5 Å². The Labute approximate surface area is 193 Å². The number of hydrogen-bond donors (Lipinski definition) is 0. The van der Waals surface area contributed by atoms with Crippen molar-refractivity contribution in [1.29, 1.82) is 0 Å². The van der Waals surface area contributed by atoms with Crippen LogP contribution in [0.5, 0.6) is 0 Å². The van der Waals surface area contributed by atoms with Gasteiger partial charge in [0.15, 0.2) is 23.3 Å². The van der Waals surface area contributed by atoms with Crippen molar-refractivity contribution >= 4 is 15.8 Å². The molecule has 0 aliphatic rings. The number of aryl methyl sites for hydroxylation is 1. The molecule has 0 aliphatic heterocycles. The van der Waals surface area contributed by atoms with Crippen LogP contribution in [0.3, 0.4) is 0 Å². The van der Waals surface area contributed by atoms with Gasteiger partial charge in [-0.3, -0.25) is 4.79 Å². The van der Waals surface area contributed by atoms with Crippen LogP contribution in [0.4, 0.5) is 22.0 Å². The zero-order chi connectivity index (χ0) is 25.2. The summed E-state index contributed by atoms with van der Waals surface area (Å²) in [6.45, 7) is 2.08. The minimum absolute atomic E-state index is 0.0712. The monoisotopic (exact) mass is 497 g/mol. The molecule has 0 saturated carbocycles. The predicted octanol–water partition coefficient (Wildman–Crippen LogP) is 5.21. The van der Waals surface area contributed by atoms with E-state index < -0.39 is 50.5 Å². The van der Waals surface area contributed by atoms with Gasteiger partial charge in [0, 0.05) is 25.6 Å². The van der Waals surface area contributed by atoms with Crippen molar-refractivity contribution in [3.8, 4) is 0 Å². The van der Waals surface area contributed by atoms with Gasteiger partial charge >= 0.3 is 0 Å². The summed E-state index contributed by atoms with van der Waals surface area (Å²) < 4.78 is 96.6. The fraction of sp³-hybridized carbons (Fsp3) is 0.208. The molecule has 10 heteroatoms. The number of Topliss-reactive ketones (excluding diaryl/α,β-unsaturated/α-hetero) is 1. The zero-order valence-electron chi connectivity index (χ0n) is 18.2. The molecular formula is C24H20F5NO3S. The van der Waals surface area contributed by atoms with Crippen LogP contribution in [0.2, 0.25) is 0 Å². The second-order valence-electron chi connectivity index (χ2n) is 7.85. The second kappa shape index (κ2) is 10.0. The molecule has 180 valence electrons. The van der Waals surface area contributed by atoms with E-state index in [9.17, 15) is 35.2 Å². The van der Waals surface area contributed by atoms with Gasteiger partial charge in [0.2, 0.25) is 10.0 Å². The number of hydrogen-bond acceptors (Lipinski definition) is 3. The van der Waals surface area contributed by atoms with E-state index in [0.717, 1.165) is 6.07 Å². The number of nitrogens with zero attached hydrogens (tertiary/aromatic N) is 1. The molecule has 0 aliphatic carbocycles. The summed E-state index contributed by atoms with van der Waals surface area (Å²) in [6, 6.07) is 10.3. The van der Waals surface area contributed by atoms with Crippen LogP contribution in [0, 0.1) is 36.0 Å². The Morgan fingerprint density at radius 2 is 1.32 bits per heavy atom. The van der Waals surface area contributed by atoms with Crippen molar-refractivity contribution in [2.75, 3.05) is 0 Å². The number of carbonyl (C=O) groups excluding carboxylic acids is 1. The van der Waals surface area contributed by atoms with E-state index in [4.69, 9.17) is 0 Å². The maximum Gasteiger partial charge on any atom is 0.246 e. The van der Waals surface area contributed by atoms with Gasteiger partial charge in [-0.15, -0.1) is 0 Å². The lowest BCUT2D eigenvalue weighted by atomic mass is 10.1. The van der Waals surface area contributed by atoms with E-state index in [2.05, 4.69) is 0 Å². The van der Waals surface area contributed by atoms with E-state index in [-0.39, 0.29) is 30.4 Å². The van der Waals surface area contributed by atoms with Crippen LogP contribution in [0.1, 0.15) is 29.2 Å². The van der Waals surface area contributed by atoms with Crippen LogP contribution in [-0.2, 0) is 34.3 Å². The van der Waals surface area contributed by atoms with Gasteiger partial charge in [-0.1, -0.05) is 36.4 Å². The van der Waals surface area contributed by atoms with Crippen LogP contribution >= 0.6 is 0 Å². The number of ketones is 1. The Hall–Kier alpha value is -3.11. The fourth-order valence-electron chi connectivity index (χ4n) is 3.30. The van der Waals surface area contributed by atoms with Gasteiger partial charge in [-0.05, 0) is 42.2 Å². The third kappa shape index (κ3) is 5.51. The number of halogens is 5. The number of benzene rings is 3. The van der Waals surface area contributed by atoms with Gasteiger partial charge < -0.3 is 0 Å². The molecule has 0 fully saturated rings. The molecule has 0 saturated heterocycles. The Morgan fingerprint density at radius 1 is 0.765 bits per heavy atom. The molecule has 0 spiro atoms. The average molecular weight is 497 g/mol. The first-order chi connectivity index (χ1) is 15.9. The van der Waals surface area contributed by atoms with E-state index in [1.807, 2.05) is 0 Å². The minimum Gasteiger partial charge on any atom is -0.300 e. The first-order valence-electron chi connectivity index (χ1n) is 10.1. The maximum absolute atomic E-state index is 14.4. The largest absolute Gasteiger partial charge is 0.300 e. The van der Waals surface area contributed by atoms with Crippen LogP contribution in [-0.4, -0.2) is 18.5 Å². The molecule has 0 aromatic heterocycles. The second-order valence-corrected chi connectivity index (χ2v) is 9.76. The summed E-state index contributed by atoms with van der Waals surface area (Å²) in [5, 5.41) is 0. The summed E-state index contributed by atoms with van der Waals surface area (Å²) in [4.78, 5) is 9.90. The molecule has 34 heavy (non-hydrogen) atoms. The van der Waals surface area contributed by atoms with Crippen molar-refractivity contribution in [1.82, 2.24) is 4.31 Å². The van der Waals surface area contributed by atoms with Crippen LogP contribution in [0.15, 0.2) is 53.4 Å². The molecule has 0 atom stereocenters. The van der Waals surface area contributed by atoms with E-state index in [1.165, 1.54) is 26.0 Å². The lowest BCUT2D eigenvalue weighted by Gasteiger charge is -2.23. The molecule has 0 radical (unpaired) electrons. The summed E-state index contributed by atoms with van der Waals surface area (Å²) >= 11 is 0. The molecule has 0 unspecified atom stereocenters. The quantitative estimate of drug-likeness (QED) is 0.244. The van der Waals surface area contributed by atoms with E-state index in [0.29, 0.717) is 21.0 Å². The van der Waals surface area contributed by atoms with Gasteiger partial charge in [0.25, 0.3) is 0 Å². The topological polar surface area (TPSA) is 54.5 Å². The highest BCUT2D eigenvalue weighted by atomic mass is 32.2.